The van der Waals surface area contributed by atoms with E-state index in [2.05, 4.69) is 33.7 Å². The molecule has 4 bridgehead atoms. The summed E-state index contributed by atoms with van der Waals surface area (Å²) in [6.45, 7) is 5.60. The Bertz CT molecular complexity index is 2400. The summed E-state index contributed by atoms with van der Waals surface area (Å²) in [5, 5.41) is 49.7. The Morgan fingerprint density at radius 3 is 1.39 bits per heavy atom. The molecule has 8 fully saturated rings. The Hall–Kier alpha value is -3.34. The molecule has 14 heteroatoms. The number of hydrogen-bond donors (Lipinski definition) is 4. The second kappa shape index (κ2) is 19.2. The molecule has 2 aromatic carbocycles. The lowest BCUT2D eigenvalue weighted by Crippen LogP contribution is -2.78. The number of nitrogens with zero attached hydrogens (tertiary/aromatic N) is 4. The minimum atomic E-state index is -2.28. The van der Waals surface area contributed by atoms with Crippen molar-refractivity contribution in [3.63, 3.8) is 0 Å². The number of rotatable bonds is 19. The van der Waals surface area contributed by atoms with Crippen LogP contribution in [0.3, 0.4) is 0 Å². The molecule has 12 aliphatic rings. The summed E-state index contributed by atoms with van der Waals surface area (Å²) < 4.78 is 26.4. The van der Waals surface area contributed by atoms with Crippen molar-refractivity contribution in [1.29, 1.82) is 0 Å². The average Bonchev–Trinajstić information content (AvgIpc) is 4.29. The SMILES string of the molecule is CN(CCCC1CCCC1)C1CC[C@@]2(O)[C@H]3Cc4ccc(OC(=O)C(O)C(O)C(=O)Oc5ccc6c7c5OC5C(N(C)CCCC8CCCC8)CC[C@@]8(O)[C@@H](C6)N(CC6CC6)CC[C@]758)c5c4[C@@]2(CCN3CC2CC2)C1O5. The summed E-state index contributed by atoms with van der Waals surface area (Å²) in [7, 11) is 4.40. The molecule has 4 aliphatic heterocycles. The number of aliphatic hydroxyl groups is 4. The summed E-state index contributed by atoms with van der Waals surface area (Å²) >= 11 is 0. The Kier molecular flexibility index (Phi) is 12.8. The lowest BCUT2D eigenvalue weighted by molar-refractivity contribution is -0.199. The predicted molar refractivity (Wildman–Crippen MR) is 285 cm³/mol. The van der Waals surface area contributed by atoms with Gasteiger partial charge in [0.1, 0.15) is 12.2 Å². The molecule has 0 amide bonds. The molecular weight excluding hydrogens is 961 g/mol. The molecule has 0 aromatic heterocycles. The van der Waals surface area contributed by atoms with Crippen molar-refractivity contribution in [2.45, 2.75) is 225 Å². The number of piperidine rings is 2. The van der Waals surface area contributed by atoms with Crippen LogP contribution in [0.15, 0.2) is 24.3 Å². The van der Waals surface area contributed by atoms with Crippen molar-refractivity contribution in [3.05, 3.63) is 46.5 Å². The monoisotopic (exact) mass is 1050 g/mol. The standard InChI is InChI=1S/C62H86N4O10/c1-63(29-7-13-37-9-3-4-10-37)43-23-25-61(71)47-33-41-19-21-45(53-49(41)59(61,55(43)75-53)27-31-65(47)35-39-15-16-39)73-57(69)51(67)52(68)58(70)74-46-22-20-42-34-48-62(72)26-24-44(64(2)30-8-14-38-11-5-6-12-38)56-60(62,50(42)54(46)76-56)28-32-66(48)36-40-17-18-40/h19-22,37-40,43-44,47-48,51-52,55-56,67-68,71-72H,3-18,23-36H2,1-2H3/t43?,44?,47-,48-,51?,52?,55?,56?,59+,60+,61-,62-/m1/s1. The summed E-state index contributed by atoms with van der Waals surface area (Å²) in [5.41, 5.74) is 0.525. The second-order valence-corrected chi connectivity index (χ2v) is 27.0. The minimum Gasteiger partial charge on any atom is -0.483 e. The van der Waals surface area contributed by atoms with E-state index in [1.54, 1.807) is 12.1 Å². The highest BCUT2D eigenvalue weighted by Gasteiger charge is 2.75. The minimum absolute atomic E-state index is 0.0362. The number of carbonyl (C=O) groups is 2. The zero-order valence-corrected chi connectivity index (χ0v) is 45.5. The van der Waals surface area contributed by atoms with Crippen LogP contribution in [0.25, 0.3) is 0 Å². The lowest BCUT2D eigenvalue weighted by atomic mass is 9.48. The van der Waals surface area contributed by atoms with E-state index in [1.807, 2.05) is 12.1 Å². The van der Waals surface area contributed by atoms with Gasteiger partial charge in [-0.15, -0.1) is 0 Å². The maximum atomic E-state index is 14.1. The third-order valence-electron chi connectivity index (χ3n) is 23.0. The number of hydrogen-bond acceptors (Lipinski definition) is 14. The van der Waals surface area contributed by atoms with E-state index in [0.29, 0.717) is 49.0 Å². The largest absolute Gasteiger partial charge is 0.483 e. The molecule has 2 aromatic rings. The normalized spacial score (nSPS) is 36.9. The Labute approximate surface area is 450 Å². The van der Waals surface area contributed by atoms with E-state index in [4.69, 9.17) is 18.9 Å². The van der Waals surface area contributed by atoms with Crippen LogP contribution in [0, 0.1) is 23.7 Å². The van der Waals surface area contributed by atoms with Gasteiger partial charge in [0.05, 0.1) is 22.0 Å². The van der Waals surface area contributed by atoms with Crippen LogP contribution >= 0.6 is 0 Å². The van der Waals surface area contributed by atoms with Crippen molar-refractivity contribution in [2.75, 3.05) is 53.4 Å². The van der Waals surface area contributed by atoms with Crippen molar-refractivity contribution < 1.29 is 49.0 Å². The molecule has 0 radical (unpaired) electrons. The molecule has 2 saturated heterocycles. The van der Waals surface area contributed by atoms with Gasteiger partial charge in [-0.3, -0.25) is 19.6 Å². The summed E-state index contributed by atoms with van der Waals surface area (Å²) in [6, 6.07) is 7.40. The van der Waals surface area contributed by atoms with Crippen molar-refractivity contribution in [3.8, 4) is 23.0 Å². The van der Waals surface area contributed by atoms with E-state index < -0.39 is 46.2 Å². The second-order valence-electron chi connectivity index (χ2n) is 27.0. The Morgan fingerprint density at radius 2 is 1.00 bits per heavy atom. The highest BCUT2D eigenvalue weighted by molar-refractivity contribution is 5.88. The molecule has 76 heavy (non-hydrogen) atoms. The number of benzene rings is 2. The van der Waals surface area contributed by atoms with Crippen LogP contribution in [-0.2, 0) is 33.3 Å². The zero-order chi connectivity index (χ0) is 51.9. The molecule has 414 valence electrons. The fourth-order valence-electron chi connectivity index (χ4n) is 18.7. The van der Waals surface area contributed by atoms with Gasteiger partial charge in [0, 0.05) is 48.4 Å². The Balaban J connectivity index is 0.712. The van der Waals surface area contributed by atoms with Gasteiger partial charge in [0.25, 0.3) is 0 Å². The van der Waals surface area contributed by atoms with E-state index in [9.17, 15) is 30.0 Å². The van der Waals surface area contributed by atoms with Gasteiger partial charge in [-0.2, -0.15) is 0 Å². The molecule has 2 spiro atoms. The third-order valence-corrected chi connectivity index (χ3v) is 23.0. The summed E-state index contributed by atoms with van der Waals surface area (Å²) in [6.07, 6.45) is 20.7. The molecule has 14 nitrogen and oxygen atoms in total. The molecular formula is C62H86N4O10. The number of ether oxygens (including phenoxy) is 4. The van der Waals surface area contributed by atoms with Crippen LogP contribution in [0.4, 0.5) is 0 Å². The summed E-state index contributed by atoms with van der Waals surface area (Å²) in [4.78, 5) is 38.3. The van der Waals surface area contributed by atoms with E-state index in [1.165, 1.54) is 89.9 Å². The van der Waals surface area contributed by atoms with Gasteiger partial charge in [0.15, 0.2) is 35.2 Å². The number of likely N-dealkylation sites (N-methyl/N-ethyl adjacent to an activating group) is 2. The van der Waals surface area contributed by atoms with Gasteiger partial charge in [-0.1, -0.05) is 63.5 Å². The fourth-order valence-corrected chi connectivity index (χ4v) is 18.7. The van der Waals surface area contributed by atoms with Crippen molar-refractivity contribution >= 4 is 11.9 Å². The molecule has 12 atom stereocenters. The van der Waals surface area contributed by atoms with E-state index >= 15 is 0 Å². The maximum Gasteiger partial charge on any atom is 0.343 e. The van der Waals surface area contributed by atoms with Crippen LogP contribution in [0.2, 0.25) is 0 Å². The van der Waals surface area contributed by atoms with Crippen LogP contribution in [0.1, 0.15) is 164 Å². The van der Waals surface area contributed by atoms with Gasteiger partial charge in [-0.05, 0) is 190 Å². The first-order chi connectivity index (χ1) is 36.8. The van der Waals surface area contributed by atoms with Crippen molar-refractivity contribution in [1.82, 2.24) is 19.6 Å². The summed E-state index contributed by atoms with van der Waals surface area (Å²) in [5.74, 6) is 1.66. The molecule has 6 saturated carbocycles. The van der Waals surface area contributed by atoms with Crippen molar-refractivity contribution in [2.24, 2.45) is 23.7 Å². The highest BCUT2D eigenvalue weighted by atomic mass is 16.6. The van der Waals surface area contributed by atoms with Gasteiger partial charge in [0.2, 0.25) is 0 Å². The smallest absolute Gasteiger partial charge is 0.343 e. The average molecular weight is 1050 g/mol. The number of carbonyl (C=O) groups excluding carboxylic acids is 2. The molecule has 4 N–H and O–H groups in total. The van der Waals surface area contributed by atoms with Crippen LogP contribution in [0.5, 0.6) is 23.0 Å². The number of likely N-dealkylation sites (tertiary alicyclic amines) is 2. The molecule has 6 unspecified atom stereocenters. The topological polar surface area (TPSA) is 165 Å². The maximum absolute atomic E-state index is 14.1. The molecule has 4 heterocycles. The first-order valence-corrected chi connectivity index (χ1v) is 30.6. The number of aliphatic hydroxyl groups excluding tert-OH is 2. The molecule has 14 rings (SSSR count). The third kappa shape index (κ3) is 7.88. The lowest BCUT2D eigenvalue weighted by Gasteiger charge is -2.64. The Morgan fingerprint density at radius 1 is 0.592 bits per heavy atom. The van der Waals surface area contributed by atoms with Gasteiger partial charge >= 0.3 is 11.9 Å². The fraction of sp³-hybridized carbons (Fsp3) is 0.774. The predicted octanol–water partition coefficient (Wildman–Crippen LogP) is 6.59. The quantitative estimate of drug-likeness (QED) is 0.0880. The van der Waals surface area contributed by atoms with Crippen LogP contribution in [-0.4, -0.2) is 165 Å². The zero-order valence-electron chi connectivity index (χ0n) is 45.5. The van der Waals surface area contributed by atoms with Crippen LogP contribution < -0.4 is 18.9 Å². The molecule has 8 aliphatic carbocycles. The van der Waals surface area contributed by atoms with Gasteiger partial charge in [-0.25, -0.2) is 9.59 Å². The first kappa shape index (κ1) is 50.9. The number of esters is 2. The van der Waals surface area contributed by atoms with Gasteiger partial charge < -0.3 is 39.4 Å². The highest BCUT2D eigenvalue weighted by Crippen LogP contribution is 2.68. The van der Waals surface area contributed by atoms with E-state index in [0.717, 1.165) is 112 Å². The first-order valence-electron chi connectivity index (χ1n) is 30.6. The van der Waals surface area contributed by atoms with E-state index in [-0.39, 0.29) is 47.9 Å².